The van der Waals surface area contributed by atoms with Crippen molar-refractivity contribution in [2.75, 3.05) is 20.2 Å². The van der Waals surface area contributed by atoms with E-state index >= 15 is 0 Å². The Morgan fingerprint density at radius 1 is 1.55 bits per heavy atom. The predicted molar refractivity (Wildman–Crippen MR) is 43.4 cm³/mol. The summed E-state index contributed by atoms with van der Waals surface area (Å²) >= 11 is 0. The van der Waals surface area contributed by atoms with E-state index in [9.17, 15) is 0 Å². The molecule has 0 spiro atoms. The quantitative estimate of drug-likeness (QED) is 0.614. The van der Waals surface area contributed by atoms with Crippen molar-refractivity contribution >= 4 is 0 Å². The van der Waals surface area contributed by atoms with Gasteiger partial charge in [-0.25, -0.2) is 0 Å². The molecule has 1 aliphatic heterocycles. The van der Waals surface area contributed by atoms with Crippen molar-refractivity contribution in [2.24, 2.45) is 0 Å². The molecule has 0 aromatic carbocycles. The fourth-order valence-electron chi connectivity index (χ4n) is 1.18. The Labute approximate surface area is 68.1 Å². The highest BCUT2D eigenvalue weighted by Crippen LogP contribution is 2.19. The Kier molecular flexibility index (Phi) is 2.87. The van der Waals surface area contributed by atoms with E-state index in [1.807, 2.05) is 0 Å². The van der Waals surface area contributed by atoms with Gasteiger partial charge in [0.15, 0.2) is 6.29 Å². The van der Waals surface area contributed by atoms with Gasteiger partial charge in [0, 0.05) is 20.2 Å². The number of rotatable bonds is 4. The molecule has 1 rings (SSSR count). The molecule has 0 saturated carbocycles. The van der Waals surface area contributed by atoms with Gasteiger partial charge in [-0.05, 0) is 13.3 Å². The maximum absolute atomic E-state index is 5.69. The van der Waals surface area contributed by atoms with Gasteiger partial charge in [0.05, 0.1) is 5.60 Å². The third kappa shape index (κ3) is 2.15. The summed E-state index contributed by atoms with van der Waals surface area (Å²) in [5.41, 5.74) is 0.0106. The van der Waals surface area contributed by atoms with E-state index in [2.05, 4.69) is 19.2 Å². The summed E-state index contributed by atoms with van der Waals surface area (Å²) in [6.45, 7) is 6.04. The SMILES string of the molecule is CCC(OC)OC1(C)CNC1. The first-order valence-corrected chi connectivity index (χ1v) is 4.11. The first-order chi connectivity index (χ1) is 5.20. The van der Waals surface area contributed by atoms with Crippen molar-refractivity contribution in [1.82, 2.24) is 5.32 Å². The van der Waals surface area contributed by atoms with Crippen molar-refractivity contribution in [2.45, 2.75) is 32.2 Å². The summed E-state index contributed by atoms with van der Waals surface area (Å²) < 4.78 is 10.8. The van der Waals surface area contributed by atoms with E-state index in [1.165, 1.54) is 0 Å². The lowest BCUT2D eigenvalue weighted by Crippen LogP contribution is -2.60. The number of methoxy groups -OCH3 is 1. The Hall–Kier alpha value is -0.120. The number of hydrogen-bond donors (Lipinski definition) is 1. The molecule has 0 radical (unpaired) electrons. The minimum absolute atomic E-state index is 0.0106. The van der Waals surface area contributed by atoms with Gasteiger partial charge >= 0.3 is 0 Å². The average Bonchev–Trinajstić information content (AvgIpc) is 1.97. The molecule has 1 N–H and O–H groups in total. The molecular formula is C8H17NO2. The van der Waals surface area contributed by atoms with Gasteiger partial charge in [-0.2, -0.15) is 0 Å². The smallest absolute Gasteiger partial charge is 0.157 e. The summed E-state index contributed by atoms with van der Waals surface area (Å²) in [5.74, 6) is 0. The molecule has 1 saturated heterocycles. The molecule has 0 bridgehead atoms. The van der Waals surface area contributed by atoms with Crippen molar-refractivity contribution in [3.05, 3.63) is 0 Å². The van der Waals surface area contributed by atoms with Crippen molar-refractivity contribution in [3.8, 4) is 0 Å². The van der Waals surface area contributed by atoms with Crippen LogP contribution in [0.3, 0.4) is 0 Å². The highest BCUT2D eigenvalue weighted by Gasteiger charge is 2.34. The molecular weight excluding hydrogens is 142 g/mol. The van der Waals surface area contributed by atoms with Gasteiger partial charge in [0.1, 0.15) is 0 Å². The van der Waals surface area contributed by atoms with Crippen LogP contribution in [0.2, 0.25) is 0 Å². The molecule has 0 aromatic heterocycles. The van der Waals surface area contributed by atoms with Gasteiger partial charge in [-0.15, -0.1) is 0 Å². The van der Waals surface area contributed by atoms with Crippen LogP contribution < -0.4 is 5.32 Å². The molecule has 3 heteroatoms. The molecule has 0 aromatic rings. The first kappa shape index (κ1) is 8.97. The zero-order valence-corrected chi connectivity index (χ0v) is 7.52. The maximum Gasteiger partial charge on any atom is 0.157 e. The first-order valence-electron chi connectivity index (χ1n) is 4.11. The van der Waals surface area contributed by atoms with E-state index in [-0.39, 0.29) is 11.9 Å². The Bertz CT molecular complexity index is 119. The van der Waals surface area contributed by atoms with Gasteiger partial charge in [0.2, 0.25) is 0 Å². The summed E-state index contributed by atoms with van der Waals surface area (Å²) in [7, 11) is 1.68. The van der Waals surface area contributed by atoms with E-state index in [0.29, 0.717) is 0 Å². The van der Waals surface area contributed by atoms with Crippen LogP contribution in [0.1, 0.15) is 20.3 Å². The van der Waals surface area contributed by atoms with Gasteiger partial charge in [0.25, 0.3) is 0 Å². The summed E-state index contributed by atoms with van der Waals surface area (Å²) in [6, 6.07) is 0. The van der Waals surface area contributed by atoms with Crippen LogP contribution in [0.25, 0.3) is 0 Å². The van der Waals surface area contributed by atoms with Gasteiger partial charge in [-0.1, -0.05) is 6.92 Å². The minimum Gasteiger partial charge on any atom is -0.356 e. The van der Waals surface area contributed by atoms with Crippen LogP contribution in [-0.2, 0) is 9.47 Å². The largest absolute Gasteiger partial charge is 0.356 e. The van der Waals surface area contributed by atoms with Crippen LogP contribution in [0.4, 0.5) is 0 Å². The molecule has 3 nitrogen and oxygen atoms in total. The predicted octanol–water partition coefficient (Wildman–Crippen LogP) is 0.747. The highest BCUT2D eigenvalue weighted by atomic mass is 16.7. The normalized spacial score (nSPS) is 24.3. The molecule has 1 atom stereocenters. The number of nitrogens with one attached hydrogen (secondary N) is 1. The lowest BCUT2D eigenvalue weighted by molar-refractivity contribution is -0.208. The molecule has 1 aliphatic rings. The molecule has 11 heavy (non-hydrogen) atoms. The summed E-state index contributed by atoms with van der Waals surface area (Å²) in [4.78, 5) is 0. The maximum atomic E-state index is 5.69. The monoisotopic (exact) mass is 159 g/mol. The van der Waals surface area contributed by atoms with E-state index in [0.717, 1.165) is 19.5 Å². The van der Waals surface area contributed by atoms with E-state index < -0.39 is 0 Å². The van der Waals surface area contributed by atoms with Crippen LogP contribution in [-0.4, -0.2) is 32.1 Å². The Morgan fingerprint density at radius 2 is 2.18 bits per heavy atom. The number of ether oxygens (including phenoxy) is 2. The fourth-order valence-corrected chi connectivity index (χ4v) is 1.18. The molecule has 66 valence electrons. The van der Waals surface area contributed by atoms with Gasteiger partial charge in [-0.3, -0.25) is 0 Å². The van der Waals surface area contributed by atoms with Crippen molar-refractivity contribution in [1.29, 1.82) is 0 Å². The van der Waals surface area contributed by atoms with Crippen LogP contribution in [0.5, 0.6) is 0 Å². The third-order valence-corrected chi connectivity index (χ3v) is 2.01. The highest BCUT2D eigenvalue weighted by molar-refractivity contribution is 4.90. The molecule has 1 fully saturated rings. The second-order valence-corrected chi connectivity index (χ2v) is 3.24. The third-order valence-electron chi connectivity index (χ3n) is 2.01. The van der Waals surface area contributed by atoms with Gasteiger partial charge < -0.3 is 14.8 Å². The van der Waals surface area contributed by atoms with Crippen LogP contribution in [0, 0.1) is 0 Å². The molecule has 1 unspecified atom stereocenters. The fraction of sp³-hybridized carbons (Fsp3) is 1.00. The lowest BCUT2D eigenvalue weighted by Gasteiger charge is -2.41. The van der Waals surface area contributed by atoms with E-state index in [1.54, 1.807) is 7.11 Å². The average molecular weight is 159 g/mol. The van der Waals surface area contributed by atoms with Crippen molar-refractivity contribution < 1.29 is 9.47 Å². The topological polar surface area (TPSA) is 30.5 Å². The minimum atomic E-state index is -0.0397. The molecule has 1 heterocycles. The van der Waals surface area contributed by atoms with Crippen LogP contribution in [0.15, 0.2) is 0 Å². The standard InChI is InChI=1S/C8H17NO2/c1-4-7(10-3)11-8(2)5-9-6-8/h7,9H,4-6H2,1-3H3. The summed E-state index contributed by atoms with van der Waals surface area (Å²) in [5, 5.41) is 3.17. The lowest BCUT2D eigenvalue weighted by atomic mass is 10.00. The van der Waals surface area contributed by atoms with E-state index in [4.69, 9.17) is 9.47 Å². The summed E-state index contributed by atoms with van der Waals surface area (Å²) in [6.07, 6.45) is 0.869. The second-order valence-electron chi connectivity index (χ2n) is 3.24. The van der Waals surface area contributed by atoms with Crippen molar-refractivity contribution in [3.63, 3.8) is 0 Å². The molecule has 0 amide bonds. The van der Waals surface area contributed by atoms with Crippen LogP contribution >= 0.6 is 0 Å². The second kappa shape index (κ2) is 3.52. The zero-order valence-electron chi connectivity index (χ0n) is 7.52. The Morgan fingerprint density at radius 3 is 2.45 bits per heavy atom. The zero-order chi connectivity index (χ0) is 8.32. The number of hydrogen-bond acceptors (Lipinski definition) is 3. The Balaban J connectivity index is 2.27. The molecule has 0 aliphatic carbocycles.